The molecule has 1 aromatic rings. The van der Waals surface area contributed by atoms with Crippen LogP contribution in [0, 0.1) is 0 Å². The monoisotopic (exact) mass is 258 g/mol. The lowest BCUT2D eigenvalue weighted by Gasteiger charge is -2.16. The van der Waals surface area contributed by atoms with Gasteiger partial charge in [-0.2, -0.15) is 0 Å². The zero-order valence-corrected chi connectivity index (χ0v) is 10.9. The third-order valence-electron chi connectivity index (χ3n) is 3.01. The van der Waals surface area contributed by atoms with Gasteiger partial charge in [0.25, 0.3) is 0 Å². The van der Waals surface area contributed by atoms with Gasteiger partial charge in [0.2, 0.25) is 0 Å². The van der Waals surface area contributed by atoms with Gasteiger partial charge < -0.3 is 5.32 Å². The summed E-state index contributed by atoms with van der Waals surface area (Å²) >= 11 is 12.0. The first-order valence-electron chi connectivity index (χ1n) is 5.52. The first-order chi connectivity index (χ1) is 7.67. The van der Waals surface area contributed by atoms with Crippen LogP contribution in [-0.2, 0) is 6.54 Å². The third kappa shape index (κ3) is 3.11. The van der Waals surface area contributed by atoms with Crippen molar-refractivity contribution in [2.24, 2.45) is 0 Å². The summed E-state index contributed by atoms with van der Waals surface area (Å²) in [6.07, 6.45) is 1.21. The summed E-state index contributed by atoms with van der Waals surface area (Å²) < 4.78 is 0. The fourth-order valence-electron chi connectivity index (χ4n) is 2.17. The Hall–Kier alpha value is -0.280. The van der Waals surface area contributed by atoms with Crippen LogP contribution in [-0.4, -0.2) is 31.1 Å². The molecular formula is C12H16Cl2N2. The van der Waals surface area contributed by atoms with E-state index < -0.39 is 0 Å². The lowest BCUT2D eigenvalue weighted by atomic mass is 10.2. The van der Waals surface area contributed by atoms with E-state index in [-0.39, 0.29) is 0 Å². The van der Waals surface area contributed by atoms with Gasteiger partial charge in [-0.25, -0.2) is 0 Å². The zero-order chi connectivity index (χ0) is 11.5. The number of hydrogen-bond donors (Lipinski definition) is 1. The molecule has 1 aromatic carbocycles. The van der Waals surface area contributed by atoms with Gasteiger partial charge in [-0.1, -0.05) is 23.2 Å². The highest BCUT2D eigenvalue weighted by molar-refractivity contribution is 6.34. The Balaban J connectivity index is 1.99. The summed E-state index contributed by atoms with van der Waals surface area (Å²) in [4.78, 5) is 2.42. The number of rotatable bonds is 3. The molecule has 16 heavy (non-hydrogen) atoms. The molecule has 1 aliphatic rings. The molecule has 0 amide bonds. The van der Waals surface area contributed by atoms with E-state index in [0.717, 1.165) is 19.6 Å². The summed E-state index contributed by atoms with van der Waals surface area (Å²) in [6.45, 7) is 3.16. The molecule has 2 rings (SSSR count). The number of benzene rings is 1. The maximum absolute atomic E-state index is 5.98. The van der Waals surface area contributed by atoms with Crippen molar-refractivity contribution < 1.29 is 0 Å². The SMILES string of the molecule is CNC1CCN(Cc2cc(Cl)cc(Cl)c2)C1. The molecule has 0 bridgehead atoms. The maximum atomic E-state index is 5.98. The number of likely N-dealkylation sites (tertiary alicyclic amines) is 1. The molecule has 0 aliphatic carbocycles. The molecular weight excluding hydrogens is 243 g/mol. The summed E-state index contributed by atoms with van der Waals surface area (Å²) in [5, 5.41) is 4.74. The predicted octanol–water partition coefficient (Wildman–Crippen LogP) is 2.79. The predicted molar refractivity (Wildman–Crippen MR) is 69.2 cm³/mol. The highest BCUT2D eigenvalue weighted by atomic mass is 35.5. The van der Waals surface area contributed by atoms with Gasteiger partial charge in [-0.15, -0.1) is 0 Å². The van der Waals surface area contributed by atoms with Gasteiger partial charge in [-0.3, -0.25) is 4.90 Å². The summed E-state index contributed by atoms with van der Waals surface area (Å²) in [5.41, 5.74) is 1.19. The molecule has 1 unspecified atom stereocenters. The van der Waals surface area contributed by atoms with Gasteiger partial charge >= 0.3 is 0 Å². The molecule has 4 heteroatoms. The van der Waals surface area contributed by atoms with Gasteiger partial charge in [0.15, 0.2) is 0 Å². The Kier molecular flexibility index (Phi) is 4.09. The maximum Gasteiger partial charge on any atom is 0.0424 e. The smallest absolute Gasteiger partial charge is 0.0424 e. The van der Waals surface area contributed by atoms with Crippen molar-refractivity contribution >= 4 is 23.2 Å². The second-order valence-corrected chi connectivity index (χ2v) is 5.16. The second kappa shape index (κ2) is 5.37. The largest absolute Gasteiger partial charge is 0.316 e. The lowest BCUT2D eigenvalue weighted by molar-refractivity contribution is 0.322. The average molecular weight is 259 g/mol. The van der Waals surface area contributed by atoms with E-state index in [1.807, 2.05) is 19.2 Å². The Labute approximate surface area is 107 Å². The molecule has 1 atom stereocenters. The van der Waals surface area contributed by atoms with Crippen molar-refractivity contribution in [2.45, 2.75) is 19.0 Å². The topological polar surface area (TPSA) is 15.3 Å². The fourth-order valence-corrected chi connectivity index (χ4v) is 2.74. The summed E-state index contributed by atoms with van der Waals surface area (Å²) in [7, 11) is 2.02. The van der Waals surface area contributed by atoms with Crippen molar-refractivity contribution in [3.8, 4) is 0 Å². The van der Waals surface area contributed by atoms with Crippen LogP contribution in [0.15, 0.2) is 18.2 Å². The molecule has 0 saturated carbocycles. The van der Waals surface area contributed by atoms with Crippen LogP contribution in [0.25, 0.3) is 0 Å². The minimum Gasteiger partial charge on any atom is -0.316 e. The van der Waals surface area contributed by atoms with Crippen LogP contribution in [0.4, 0.5) is 0 Å². The van der Waals surface area contributed by atoms with E-state index in [0.29, 0.717) is 16.1 Å². The molecule has 1 N–H and O–H groups in total. The van der Waals surface area contributed by atoms with E-state index >= 15 is 0 Å². The molecule has 1 aliphatic heterocycles. The van der Waals surface area contributed by atoms with Crippen molar-refractivity contribution in [3.05, 3.63) is 33.8 Å². The molecule has 0 spiro atoms. The second-order valence-electron chi connectivity index (χ2n) is 4.29. The standard InChI is InChI=1S/C12H16Cl2N2/c1-15-12-2-3-16(8-12)7-9-4-10(13)6-11(14)5-9/h4-6,12,15H,2-3,7-8H2,1H3. The minimum absolute atomic E-state index is 0.620. The minimum atomic E-state index is 0.620. The van der Waals surface area contributed by atoms with Crippen molar-refractivity contribution in [1.29, 1.82) is 0 Å². The Bertz CT molecular complexity index is 348. The van der Waals surface area contributed by atoms with E-state index in [1.54, 1.807) is 6.07 Å². The van der Waals surface area contributed by atoms with Crippen molar-refractivity contribution in [2.75, 3.05) is 20.1 Å². The van der Waals surface area contributed by atoms with Gasteiger partial charge in [-0.05, 0) is 37.2 Å². The van der Waals surface area contributed by atoms with Crippen LogP contribution in [0.3, 0.4) is 0 Å². The molecule has 0 aromatic heterocycles. The fraction of sp³-hybridized carbons (Fsp3) is 0.500. The number of halogens is 2. The van der Waals surface area contributed by atoms with E-state index in [4.69, 9.17) is 23.2 Å². The highest BCUT2D eigenvalue weighted by Crippen LogP contribution is 2.21. The Morgan fingerprint density at radius 2 is 2.00 bits per heavy atom. The van der Waals surface area contributed by atoms with E-state index in [1.165, 1.54) is 12.0 Å². The summed E-state index contributed by atoms with van der Waals surface area (Å²) in [6, 6.07) is 6.36. The quantitative estimate of drug-likeness (QED) is 0.897. The molecule has 2 nitrogen and oxygen atoms in total. The normalized spacial score (nSPS) is 21.6. The van der Waals surface area contributed by atoms with Gasteiger partial charge in [0.1, 0.15) is 0 Å². The third-order valence-corrected chi connectivity index (χ3v) is 3.45. The Morgan fingerprint density at radius 3 is 2.56 bits per heavy atom. The molecule has 88 valence electrons. The lowest BCUT2D eigenvalue weighted by Crippen LogP contribution is -2.29. The number of nitrogens with zero attached hydrogens (tertiary/aromatic N) is 1. The summed E-state index contributed by atoms with van der Waals surface area (Å²) in [5.74, 6) is 0. The van der Waals surface area contributed by atoms with Crippen LogP contribution < -0.4 is 5.32 Å². The van der Waals surface area contributed by atoms with Crippen LogP contribution >= 0.6 is 23.2 Å². The molecule has 0 radical (unpaired) electrons. The molecule has 1 fully saturated rings. The van der Waals surface area contributed by atoms with E-state index in [2.05, 4.69) is 10.2 Å². The first-order valence-corrected chi connectivity index (χ1v) is 6.27. The van der Waals surface area contributed by atoms with E-state index in [9.17, 15) is 0 Å². The zero-order valence-electron chi connectivity index (χ0n) is 9.34. The first kappa shape index (κ1) is 12.2. The van der Waals surface area contributed by atoms with Gasteiger partial charge in [0, 0.05) is 35.7 Å². The molecule has 1 heterocycles. The van der Waals surface area contributed by atoms with Crippen LogP contribution in [0.2, 0.25) is 10.0 Å². The van der Waals surface area contributed by atoms with Crippen molar-refractivity contribution in [1.82, 2.24) is 10.2 Å². The molecule has 1 saturated heterocycles. The van der Waals surface area contributed by atoms with Gasteiger partial charge in [0.05, 0.1) is 0 Å². The highest BCUT2D eigenvalue weighted by Gasteiger charge is 2.20. The van der Waals surface area contributed by atoms with Crippen LogP contribution in [0.5, 0.6) is 0 Å². The average Bonchev–Trinajstić information content (AvgIpc) is 2.64. The number of likely N-dealkylation sites (N-methyl/N-ethyl adjacent to an activating group) is 1. The van der Waals surface area contributed by atoms with Crippen molar-refractivity contribution in [3.63, 3.8) is 0 Å². The Morgan fingerprint density at radius 1 is 1.31 bits per heavy atom. The van der Waals surface area contributed by atoms with Crippen LogP contribution in [0.1, 0.15) is 12.0 Å². The number of nitrogens with one attached hydrogen (secondary N) is 1. The number of hydrogen-bond acceptors (Lipinski definition) is 2.